The first-order chi connectivity index (χ1) is 14.4. The first-order valence-corrected chi connectivity index (χ1v) is 9.80. The van der Waals surface area contributed by atoms with E-state index in [1.165, 1.54) is 18.2 Å². The van der Waals surface area contributed by atoms with E-state index in [-0.39, 0.29) is 18.4 Å². The third-order valence-electron chi connectivity index (χ3n) is 4.30. The molecular formula is C21H21BrN4O4. The summed E-state index contributed by atoms with van der Waals surface area (Å²) in [6.07, 6.45) is 3.14. The van der Waals surface area contributed by atoms with Gasteiger partial charge in [-0.2, -0.15) is 5.10 Å². The van der Waals surface area contributed by atoms with Crippen LogP contribution in [-0.4, -0.2) is 55.7 Å². The number of hydrogen-bond donors (Lipinski definition) is 2. The number of H-pyrrole nitrogens is 1. The molecule has 9 heteroatoms. The number of carbonyl (C=O) groups excluding carboxylic acids is 2. The summed E-state index contributed by atoms with van der Waals surface area (Å²) in [6, 6.07) is 11.0. The third-order valence-corrected chi connectivity index (χ3v) is 4.89. The van der Waals surface area contributed by atoms with E-state index in [1.54, 1.807) is 32.4 Å². The van der Waals surface area contributed by atoms with E-state index < -0.39 is 0 Å². The highest BCUT2D eigenvalue weighted by atomic mass is 79.9. The van der Waals surface area contributed by atoms with Crippen LogP contribution in [0, 0.1) is 0 Å². The Morgan fingerprint density at radius 1 is 1.27 bits per heavy atom. The molecule has 0 aliphatic rings. The van der Waals surface area contributed by atoms with Gasteiger partial charge in [-0.3, -0.25) is 9.59 Å². The molecule has 1 aromatic heterocycles. The Kier molecular flexibility index (Phi) is 6.73. The molecule has 0 aliphatic carbocycles. The number of aromatic amines is 1. The maximum atomic E-state index is 12.4. The Balaban J connectivity index is 1.71. The number of aromatic nitrogens is 1. The number of likely N-dealkylation sites (N-methyl/N-ethyl adjacent to an activating group) is 1. The van der Waals surface area contributed by atoms with Gasteiger partial charge in [-0.05, 0) is 39.7 Å². The number of amides is 2. The van der Waals surface area contributed by atoms with Gasteiger partial charge >= 0.3 is 0 Å². The summed E-state index contributed by atoms with van der Waals surface area (Å²) >= 11 is 3.42. The second-order valence-corrected chi connectivity index (χ2v) is 7.41. The topological polar surface area (TPSA) is 96.0 Å². The first-order valence-electron chi connectivity index (χ1n) is 9.00. The fourth-order valence-corrected chi connectivity index (χ4v) is 3.28. The van der Waals surface area contributed by atoms with E-state index in [1.807, 2.05) is 24.3 Å². The number of nitrogens with one attached hydrogen (secondary N) is 2. The van der Waals surface area contributed by atoms with Gasteiger partial charge in [0.15, 0.2) is 18.1 Å². The molecule has 0 saturated carbocycles. The van der Waals surface area contributed by atoms with Gasteiger partial charge in [0.2, 0.25) is 0 Å². The summed E-state index contributed by atoms with van der Waals surface area (Å²) in [6.45, 7) is -0.115. The summed E-state index contributed by atoms with van der Waals surface area (Å²) in [5.74, 6) is 0.347. The van der Waals surface area contributed by atoms with Crippen LogP contribution in [0.15, 0.2) is 52.2 Å². The number of fused-ring (bicyclic) bond motifs is 1. The van der Waals surface area contributed by atoms with Gasteiger partial charge in [0.05, 0.1) is 23.4 Å². The van der Waals surface area contributed by atoms with Crippen molar-refractivity contribution in [2.24, 2.45) is 5.10 Å². The van der Waals surface area contributed by atoms with Crippen molar-refractivity contribution in [2.75, 3.05) is 27.8 Å². The molecule has 0 atom stereocenters. The monoisotopic (exact) mass is 472 g/mol. The van der Waals surface area contributed by atoms with Crippen LogP contribution in [0.3, 0.4) is 0 Å². The molecule has 30 heavy (non-hydrogen) atoms. The molecule has 8 nitrogen and oxygen atoms in total. The van der Waals surface area contributed by atoms with Crippen LogP contribution >= 0.6 is 15.9 Å². The third kappa shape index (κ3) is 4.80. The molecule has 0 bridgehead atoms. The lowest BCUT2D eigenvalue weighted by Gasteiger charge is -2.15. The van der Waals surface area contributed by atoms with Gasteiger partial charge in [0, 0.05) is 31.2 Å². The van der Waals surface area contributed by atoms with Gasteiger partial charge in [-0.25, -0.2) is 5.43 Å². The molecular weight excluding hydrogens is 452 g/mol. The minimum Gasteiger partial charge on any atom is -0.493 e. The number of benzene rings is 2. The average molecular weight is 473 g/mol. The molecule has 2 amide bonds. The zero-order valence-corrected chi connectivity index (χ0v) is 18.3. The minimum absolute atomic E-state index is 0.115. The number of para-hydroxylation sites is 1. The Morgan fingerprint density at radius 3 is 2.77 bits per heavy atom. The van der Waals surface area contributed by atoms with E-state index in [0.29, 0.717) is 27.1 Å². The maximum absolute atomic E-state index is 12.4. The van der Waals surface area contributed by atoms with Crippen molar-refractivity contribution in [2.45, 2.75) is 0 Å². The zero-order chi connectivity index (χ0) is 21.7. The van der Waals surface area contributed by atoms with Crippen LogP contribution in [0.5, 0.6) is 11.5 Å². The normalized spacial score (nSPS) is 10.9. The van der Waals surface area contributed by atoms with Gasteiger partial charge < -0.3 is 19.4 Å². The molecule has 2 aromatic carbocycles. The standard InChI is InChI=1S/C21H21BrN4O4/c1-26(2)19(27)12-30-20-16(22)8-13(9-18(20)29-3)10-24-25-21(28)15-11-23-17-7-5-4-6-14(15)17/h4-11,23H,12H2,1-3H3,(H,25,28)/b24-10+. The molecule has 0 aliphatic heterocycles. The predicted octanol–water partition coefficient (Wildman–Crippen LogP) is 3.17. The summed E-state index contributed by atoms with van der Waals surface area (Å²) < 4.78 is 11.5. The highest BCUT2D eigenvalue weighted by Gasteiger charge is 2.14. The van der Waals surface area contributed by atoms with Crippen LogP contribution < -0.4 is 14.9 Å². The number of hydrazone groups is 1. The van der Waals surface area contributed by atoms with Crippen molar-refractivity contribution < 1.29 is 19.1 Å². The summed E-state index contributed by atoms with van der Waals surface area (Å²) in [5.41, 5.74) is 4.58. The van der Waals surface area contributed by atoms with Gasteiger partial charge in [0.25, 0.3) is 11.8 Å². The van der Waals surface area contributed by atoms with Gasteiger partial charge in [0.1, 0.15) is 0 Å². The van der Waals surface area contributed by atoms with Gasteiger partial charge in [-0.1, -0.05) is 18.2 Å². The Hall–Kier alpha value is -3.33. The number of halogens is 1. The molecule has 3 rings (SSSR count). The molecule has 0 spiro atoms. The average Bonchev–Trinajstić information content (AvgIpc) is 3.16. The van der Waals surface area contributed by atoms with E-state index in [2.05, 4.69) is 31.4 Å². The summed E-state index contributed by atoms with van der Waals surface area (Å²) in [5, 5.41) is 4.85. The van der Waals surface area contributed by atoms with Crippen molar-refractivity contribution >= 4 is 44.9 Å². The van der Waals surface area contributed by atoms with E-state index in [4.69, 9.17) is 9.47 Å². The second kappa shape index (κ2) is 9.45. The number of nitrogens with zero attached hydrogens (tertiary/aromatic N) is 2. The molecule has 0 radical (unpaired) electrons. The lowest BCUT2D eigenvalue weighted by Crippen LogP contribution is -2.27. The molecule has 2 N–H and O–H groups in total. The van der Waals surface area contributed by atoms with Crippen LogP contribution in [0.2, 0.25) is 0 Å². The van der Waals surface area contributed by atoms with Crippen LogP contribution in [0.1, 0.15) is 15.9 Å². The fraction of sp³-hybridized carbons (Fsp3) is 0.190. The summed E-state index contributed by atoms with van der Waals surface area (Å²) in [4.78, 5) is 28.7. The smallest absolute Gasteiger partial charge is 0.273 e. The lowest BCUT2D eigenvalue weighted by atomic mass is 10.2. The number of ether oxygens (including phenoxy) is 2. The lowest BCUT2D eigenvalue weighted by molar-refractivity contribution is -0.130. The van der Waals surface area contributed by atoms with E-state index in [0.717, 1.165) is 10.9 Å². The minimum atomic E-state index is -0.322. The van der Waals surface area contributed by atoms with Crippen LogP contribution in [0.4, 0.5) is 0 Å². The van der Waals surface area contributed by atoms with Crippen molar-refractivity contribution in [3.8, 4) is 11.5 Å². The number of carbonyl (C=O) groups is 2. The molecule has 0 unspecified atom stereocenters. The van der Waals surface area contributed by atoms with Crippen molar-refractivity contribution in [1.29, 1.82) is 0 Å². The number of methoxy groups -OCH3 is 1. The molecule has 3 aromatic rings. The van der Waals surface area contributed by atoms with Crippen LogP contribution in [0.25, 0.3) is 10.9 Å². The van der Waals surface area contributed by atoms with E-state index >= 15 is 0 Å². The van der Waals surface area contributed by atoms with Crippen molar-refractivity contribution in [3.05, 3.63) is 58.2 Å². The predicted molar refractivity (Wildman–Crippen MR) is 118 cm³/mol. The van der Waals surface area contributed by atoms with Crippen molar-refractivity contribution in [3.63, 3.8) is 0 Å². The summed E-state index contributed by atoms with van der Waals surface area (Å²) in [7, 11) is 4.81. The Morgan fingerprint density at radius 2 is 2.03 bits per heavy atom. The molecule has 156 valence electrons. The highest BCUT2D eigenvalue weighted by Crippen LogP contribution is 2.36. The SMILES string of the molecule is COc1cc(/C=N/NC(=O)c2c[nH]c3ccccc23)cc(Br)c1OCC(=O)N(C)C. The molecule has 1 heterocycles. The number of rotatable bonds is 7. The first kappa shape index (κ1) is 21.4. The van der Waals surface area contributed by atoms with Crippen molar-refractivity contribution in [1.82, 2.24) is 15.3 Å². The largest absolute Gasteiger partial charge is 0.493 e. The Labute approximate surface area is 182 Å². The Bertz CT molecular complexity index is 1110. The molecule has 0 fully saturated rings. The quantitative estimate of drug-likeness (QED) is 0.407. The van der Waals surface area contributed by atoms with Crippen LogP contribution in [-0.2, 0) is 4.79 Å². The maximum Gasteiger partial charge on any atom is 0.273 e. The highest BCUT2D eigenvalue weighted by molar-refractivity contribution is 9.10. The number of hydrogen-bond acceptors (Lipinski definition) is 5. The molecule has 0 saturated heterocycles. The fourth-order valence-electron chi connectivity index (χ4n) is 2.70. The van der Waals surface area contributed by atoms with Gasteiger partial charge in [-0.15, -0.1) is 0 Å². The second-order valence-electron chi connectivity index (χ2n) is 6.56. The zero-order valence-electron chi connectivity index (χ0n) is 16.7. The van der Waals surface area contributed by atoms with E-state index in [9.17, 15) is 9.59 Å².